The van der Waals surface area contributed by atoms with Gasteiger partial charge in [0, 0.05) is 51.2 Å². The summed E-state index contributed by atoms with van der Waals surface area (Å²) in [4.78, 5) is 21.2. The van der Waals surface area contributed by atoms with E-state index in [2.05, 4.69) is 41.4 Å². The number of aliphatic imine (C=N–C) groups is 1. The SMILES string of the molecule is CCNC(=NCc1cccc(CN2CCCC2=O)c1)N1CCC2(CCOC2)C1. The van der Waals surface area contributed by atoms with Gasteiger partial charge in [-0.1, -0.05) is 24.3 Å². The van der Waals surface area contributed by atoms with Crippen LogP contribution in [0.3, 0.4) is 0 Å². The van der Waals surface area contributed by atoms with Crippen LogP contribution in [-0.2, 0) is 22.6 Å². The zero-order valence-electron chi connectivity index (χ0n) is 17.0. The first kappa shape index (κ1) is 19.2. The second-order valence-electron chi connectivity index (χ2n) is 8.38. The largest absolute Gasteiger partial charge is 0.381 e. The molecule has 152 valence electrons. The molecule has 0 aromatic heterocycles. The minimum atomic E-state index is 0.275. The number of nitrogens with one attached hydrogen (secondary N) is 1. The van der Waals surface area contributed by atoms with Crippen molar-refractivity contribution in [1.29, 1.82) is 0 Å². The van der Waals surface area contributed by atoms with E-state index in [1.165, 1.54) is 24.0 Å². The lowest BCUT2D eigenvalue weighted by molar-refractivity contribution is -0.128. The van der Waals surface area contributed by atoms with Crippen molar-refractivity contribution in [3.8, 4) is 0 Å². The number of carbonyl (C=O) groups is 1. The molecule has 1 spiro atoms. The maximum absolute atomic E-state index is 11.9. The Bertz CT molecular complexity index is 727. The number of ether oxygens (including phenoxy) is 1. The first-order chi connectivity index (χ1) is 13.7. The molecule has 28 heavy (non-hydrogen) atoms. The number of amides is 1. The summed E-state index contributed by atoms with van der Waals surface area (Å²) in [5, 5.41) is 3.46. The summed E-state index contributed by atoms with van der Waals surface area (Å²) >= 11 is 0. The van der Waals surface area contributed by atoms with E-state index >= 15 is 0 Å². The number of benzene rings is 1. The van der Waals surface area contributed by atoms with E-state index in [-0.39, 0.29) is 5.91 Å². The fourth-order valence-corrected chi connectivity index (χ4v) is 4.60. The molecular formula is C22H32N4O2. The number of hydrogen-bond acceptors (Lipinski definition) is 3. The van der Waals surface area contributed by atoms with Gasteiger partial charge in [0.15, 0.2) is 5.96 Å². The van der Waals surface area contributed by atoms with Crippen LogP contribution in [-0.4, -0.2) is 61.1 Å². The highest BCUT2D eigenvalue weighted by Gasteiger charge is 2.42. The molecule has 1 aromatic carbocycles. The third kappa shape index (κ3) is 4.32. The van der Waals surface area contributed by atoms with Crippen LogP contribution in [0.15, 0.2) is 29.3 Å². The van der Waals surface area contributed by atoms with Gasteiger partial charge < -0.3 is 19.9 Å². The van der Waals surface area contributed by atoms with Crippen LogP contribution in [0.2, 0.25) is 0 Å². The van der Waals surface area contributed by atoms with E-state index < -0.39 is 0 Å². The van der Waals surface area contributed by atoms with E-state index in [1.807, 2.05) is 4.90 Å². The van der Waals surface area contributed by atoms with Gasteiger partial charge in [-0.25, -0.2) is 4.99 Å². The summed E-state index contributed by atoms with van der Waals surface area (Å²) in [6.45, 7) is 9.11. The first-order valence-electron chi connectivity index (χ1n) is 10.6. The second kappa shape index (κ2) is 8.52. The van der Waals surface area contributed by atoms with Crippen molar-refractivity contribution in [3.05, 3.63) is 35.4 Å². The van der Waals surface area contributed by atoms with Crippen molar-refractivity contribution in [1.82, 2.24) is 15.1 Å². The molecule has 6 nitrogen and oxygen atoms in total. The lowest BCUT2D eigenvalue weighted by Crippen LogP contribution is -2.41. The molecule has 4 rings (SSSR count). The highest BCUT2D eigenvalue weighted by atomic mass is 16.5. The minimum absolute atomic E-state index is 0.275. The predicted octanol–water partition coefficient (Wildman–Crippen LogP) is 2.39. The summed E-state index contributed by atoms with van der Waals surface area (Å²) < 4.78 is 5.66. The van der Waals surface area contributed by atoms with E-state index in [9.17, 15) is 4.79 Å². The number of hydrogen-bond donors (Lipinski definition) is 1. The molecular weight excluding hydrogens is 352 g/mol. The Balaban J connectivity index is 1.41. The standard InChI is InChI=1S/C22H32N4O2/c1-2-23-21(26-11-8-22(16-26)9-12-28-17-22)24-14-18-5-3-6-19(13-18)15-25-10-4-7-20(25)27/h3,5-6,13H,2,4,7-12,14-17H2,1H3,(H,23,24). The Morgan fingerprint density at radius 1 is 1.29 bits per heavy atom. The summed E-state index contributed by atoms with van der Waals surface area (Å²) in [7, 11) is 0. The quantitative estimate of drug-likeness (QED) is 0.626. The first-order valence-corrected chi connectivity index (χ1v) is 10.6. The lowest BCUT2D eigenvalue weighted by Gasteiger charge is -2.25. The maximum Gasteiger partial charge on any atom is 0.222 e. The van der Waals surface area contributed by atoms with Crippen molar-refractivity contribution >= 4 is 11.9 Å². The zero-order chi connectivity index (χ0) is 19.4. The lowest BCUT2D eigenvalue weighted by atomic mass is 9.87. The van der Waals surface area contributed by atoms with Crippen molar-refractivity contribution in [2.75, 3.05) is 39.4 Å². The van der Waals surface area contributed by atoms with Gasteiger partial charge in [0.2, 0.25) is 5.91 Å². The Morgan fingerprint density at radius 2 is 2.18 bits per heavy atom. The third-order valence-corrected chi connectivity index (χ3v) is 6.21. The average Bonchev–Trinajstić information content (AvgIpc) is 3.43. The molecule has 1 amide bonds. The van der Waals surface area contributed by atoms with Crippen LogP contribution in [0.1, 0.15) is 43.7 Å². The molecule has 1 unspecified atom stereocenters. The molecule has 0 saturated carbocycles. The van der Waals surface area contributed by atoms with E-state index in [0.717, 1.165) is 51.8 Å². The highest BCUT2D eigenvalue weighted by molar-refractivity contribution is 5.80. The molecule has 6 heteroatoms. The van der Waals surface area contributed by atoms with E-state index in [1.54, 1.807) is 0 Å². The Morgan fingerprint density at radius 3 is 2.93 bits per heavy atom. The number of guanidine groups is 1. The van der Waals surface area contributed by atoms with Gasteiger partial charge in [-0.15, -0.1) is 0 Å². The zero-order valence-corrected chi connectivity index (χ0v) is 17.0. The van der Waals surface area contributed by atoms with E-state index in [0.29, 0.717) is 24.9 Å². The monoisotopic (exact) mass is 384 g/mol. The fourth-order valence-electron chi connectivity index (χ4n) is 4.60. The molecule has 3 saturated heterocycles. The van der Waals surface area contributed by atoms with Crippen LogP contribution in [0.4, 0.5) is 0 Å². The molecule has 0 bridgehead atoms. The molecule has 1 atom stereocenters. The van der Waals surface area contributed by atoms with Gasteiger partial charge >= 0.3 is 0 Å². The van der Waals surface area contributed by atoms with Crippen LogP contribution < -0.4 is 5.32 Å². The summed E-state index contributed by atoms with van der Waals surface area (Å²) in [5.74, 6) is 1.28. The van der Waals surface area contributed by atoms with Crippen LogP contribution >= 0.6 is 0 Å². The normalized spacial score (nSPS) is 25.3. The molecule has 0 radical (unpaired) electrons. The average molecular weight is 385 g/mol. The fraction of sp³-hybridized carbons (Fsp3) is 0.636. The van der Waals surface area contributed by atoms with Crippen molar-refractivity contribution in [2.24, 2.45) is 10.4 Å². The topological polar surface area (TPSA) is 57.2 Å². The molecule has 3 aliphatic rings. The Kier molecular flexibility index (Phi) is 5.85. The van der Waals surface area contributed by atoms with Crippen molar-refractivity contribution in [3.63, 3.8) is 0 Å². The van der Waals surface area contributed by atoms with Crippen LogP contribution in [0.25, 0.3) is 0 Å². The number of carbonyl (C=O) groups excluding carboxylic acids is 1. The Labute approximate surface area is 167 Å². The highest BCUT2D eigenvalue weighted by Crippen LogP contribution is 2.38. The number of nitrogens with zero attached hydrogens (tertiary/aromatic N) is 3. The van der Waals surface area contributed by atoms with Gasteiger partial charge in [0.05, 0.1) is 13.2 Å². The predicted molar refractivity (Wildman–Crippen MR) is 110 cm³/mol. The van der Waals surface area contributed by atoms with Crippen molar-refractivity contribution in [2.45, 2.75) is 45.7 Å². The van der Waals surface area contributed by atoms with Gasteiger partial charge in [-0.2, -0.15) is 0 Å². The smallest absolute Gasteiger partial charge is 0.222 e. The summed E-state index contributed by atoms with van der Waals surface area (Å²) in [6.07, 6.45) is 4.03. The van der Waals surface area contributed by atoms with Gasteiger partial charge in [-0.3, -0.25) is 4.79 Å². The molecule has 3 fully saturated rings. The summed E-state index contributed by atoms with van der Waals surface area (Å²) in [5.41, 5.74) is 2.71. The van der Waals surface area contributed by atoms with Crippen LogP contribution in [0, 0.1) is 5.41 Å². The maximum atomic E-state index is 11.9. The molecule has 1 aromatic rings. The summed E-state index contributed by atoms with van der Waals surface area (Å²) in [6, 6.07) is 8.50. The number of likely N-dealkylation sites (tertiary alicyclic amines) is 2. The number of rotatable bonds is 5. The molecule has 0 aliphatic carbocycles. The van der Waals surface area contributed by atoms with Gasteiger partial charge in [0.1, 0.15) is 0 Å². The van der Waals surface area contributed by atoms with Crippen molar-refractivity contribution < 1.29 is 9.53 Å². The Hall–Kier alpha value is -2.08. The van der Waals surface area contributed by atoms with Crippen LogP contribution in [0.5, 0.6) is 0 Å². The molecule has 1 N–H and O–H groups in total. The molecule has 3 heterocycles. The second-order valence-corrected chi connectivity index (χ2v) is 8.38. The minimum Gasteiger partial charge on any atom is -0.381 e. The van der Waals surface area contributed by atoms with Gasteiger partial charge in [-0.05, 0) is 37.3 Å². The molecule has 3 aliphatic heterocycles. The van der Waals surface area contributed by atoms with E-state index in [4.69, 9.17) is 9.73 Å². The third-order valence-electron chi connectivity index (χ3n) is 6.21. The van der Waals surface area contributed by atoms with Gasteiger partial charge in [0.25, 0.3) is 0 Å².